The predicted molar refractivity (Wildman–Crippen MR) is 101 cm³/mol. The summed E-state index contributed by atoms with van der Waals surface area (Å²) in [5, 5.41) is 6.67. The summed E-state index contributed by atoms with van der Waals surface area (Å²) in [4.78, 5) is 20.1. The smallest absolute Gasteiger partial charge is 0.231 e. The first-order valence-electron chi connectivity index (χ1n) is 8.59. The quantitative estimate of drug-likeness (QED) is 0.665. The van der Waals surface area contributed by atoms with Gasteiger partial charge >= 0.3 is 0 Å². The normalized spacial score (nSPS) is 17.4. The molecule has 1 atom stereocenters. The Morgan fingerprint density at radius 1 is 1.31 bits per heavy atom. The molecule has 1 fully saturated rings. The fourth-order valence-electron chi connectivity index (χ4n) is 3.23. The number of aromatic nitrogens is 2. The van der Waals surface area contributed by atoms with Gasteiger partial charge in [-0.1, -0.05) is 35.0 Å². The molecule has 0 radical (unpaired) electrons. The molecule has 0 N–H and O–H groups in total. The first-order valence-corrected chi connectivity index (χ1v) is 9.85. The first-order chi connectivity index (χ1) is 12.7. The zero-order valence-corrected chi connectivity index (χ0v) is 15.7. The van der Waals surface area contributed by atoms with E-state index < -0.39 is 0 Å². The molecule has 1 aliphatic heterocycles. The molecule has 0 aliphatic carbocycles. The van der Waals surface area contributed by atoms with Crippen molar-refractivity contribution in [2.24, 2.45) is 0 Å². The summed E-state index contributed by atoms with van der Waals surface area (Å²) in [6.07, 6.45) is 2.33. The highest BCUT2D eigenvalue weighted by Crippen LogP contribution is 2.30. The van der Waals surface area contributed by atoms with Crippen molar-refractivity contribution >= 4 is 28.8 Å². The third-order valence-corrected chi connectivity index (χ3v) is 5.79. The van der Waals surface area contributed by atoms with Gasteiger partial charge in [0, 0.05) is 23.5 Å². The van der Waals surface area contributed by atoms with Crippen LogP contribution in [0.3, 0.4) is 0 Å². The van der Waals surface area contributed by atoms with Gasteiger partial charge in [-0.2, -0.15) is 4.98 Å². The van der Waals surface area contributed by atoms with E-state index in [0.717, 1.165) is 29.8 Å². The van der Waals surface area contributed by atoms with E-state index in [1.54, 1.807) is 17.4 Å². The Labute approximate surface area is 160 Å². The lowest BCUT2D eigenvalue weighted by Crippen LogP contribution is -2.39. The fourth-order valence-corrected chi connectivity index (χ4v) is 4.15. The molecule has 1 aromatic carbocycles. The van der Waals surface area contributed by atoms with E-state index in [9.17, 15) is 4.79 Å². The second-order valence-corrected chi connectivity index (χ2v) is 7.81. The summed E-state index contributed by atoms with van der Waals surface area (Å²) in [6, 6.07) is 11.4. The number of hydrogen-bond acceptors (Lipinski definition) is 5. The summed E-state index contributed by atoms with van der Waals surface area (Å²) in [5.41, 5.74) is 0.755. The lowest BCUT2D eigenvalue weighted by molar-refractivity contribution is -0.131. The standard InChI is InChI=1S/C19H18ClN3O2S/c20-16-8-2-1-7-15(16)18-21-19(25-22-18)13-5-3-9-23(12-13)17(24)11-14-6-4-10-26-14/h1-2,4,6-8,10,13H,3,5,9,11-12H2/t13-/m0/s1. The molecular formula is C19H18ClN3O2S. The zero-order chi connectivity index (χ0) is 17.9. The van der Waals surface area contributed by atoms with E-state index in [4.69, 9.17) is 16.1 Å². The van der Waals surface area contributed by atoms with Crippen molar-refractivity contribution in [2.75, 3.05) is 13.1 Å². The number of nitrogens with zero attached hydrogens (tertiary/aromatic N) is 3. The molecule has 3 heterocycles. The van der Waals surface area contributed by atoms with Gasteiger partial charge in [0.2, 0.25) is 17.6 Å². The number of thiophene rings is 1. The Kier molecular flexibility index (Phi) is 5.04. The van der Waals surface area contributed by atoms with E-state index in [-0.39, 0.29) is 11.8 Å². The van der Waals surface area contributed by atoms with Gasteiger partial charge in [0.15, 0.2) is 0 Å². The van der Waals surface area contributed by atoms with Crippen molar-refractivity contribution < 1.29 is 9.32 Å². The highest BCUT2D eigenvalue weighted by atomic mass is 35.5. The summed E-state index contributed by atoms with van der Waals surface area (Å²) >= 11 is 7.83. The number of carbonyl (C=O) groups excluding carboxylic acids is 1. The van der Waals surface area contributed by atoms with E-state index in [1.165, 1.54) is 0 Å². The van der Waals surface area contributed by atoms with Crippen LogP contribution in [0.1, 0.15) is 29.5 Å². The molecule has 4 rings (SSSR count). The maximum absolute atomic E-state index is 12.6. The number of carbonyl (C=O) groups is 1. The van der Waals surface area contributed by atoms with Gasteiger partial charge in [0.25, 0.3) is 0 Å². The molecule has 26 heavy (non-hydrogen) atoms. The lowest BCUT2D eigenvalue weighted by atomic mass is 9.97. The molecule has 7 heteroatoms. The van der Waals surface area contributed by atoms with Crippen molar-refractivity contribution in [2.45, 2.75) is 25.2 Å². The third-order valence-electron chi connectivity index (χ3n) is 4.59. The van der Waals surface area contributed by atoms with Crippen LogP contribution >= 0.6 is 22.9 Å². The highest BCUT2D eigenvalue weighted by molar-refractivity contribution is 7.10. The summed E-state index contributed by atoms with van der Waals surface area (Å²) in [6.45, 7) is 1.40. The Morgan fingerprint density at radius 3 is 3.00 bits per heavy atom. The summed E-state index contributed by atoms with van der Waals surface area (Å²) in [5.74, 6) is 1.30. The van der Waals surface area contributed by atoms with Crippen LogP contribution in [-0.4, -0.2) is 34.0 Å². The monoisotopic (exact) mass is 387 g/mol. The van der Waals surface area contributed by atoms with Gasteiger partial charge in [0.1, 0.15) is 0 Å². The first kappa shape index (κ1) is 17.2. The van der Waals surface area contributed by atoms with Crippen LogP contribution in [-0.2, 0) is 11.2 Å². The average molecular weight is 388 g/mol. The predicted octanol–water partition coefficient (Wildman–Crippen LogP) is 4.40. The molecular weight excluding hydrogens is 370 g/mol. The topological polar surface area (TPSA) is 59.2 Å². The Hall–Kier alpha value is -2.18. The minimum atomic E-state index is 0.0692. The highest BCUT2D eigenvalue weighted by Gasteiger charge is 2.29. The number of piperidine rings is 1. The van der Waals surface area contributed by atoms with Crippen molar-refractivity contribution in [3.05, 3.63) is 57.6 Å². The molecule has 0 spiro atoms. The van der Waals surface area contributed by atoms with Crippen LogP contribution in [0.2, 0.25) is 5.02 Å². The number of rotatable bonds is 4. The number of likely N-dealkylation sites (tertiary alicyclic amines) is 1. The van der Waals surface area contributed by atoms with Gasteiger partial charge in [-0.05, 0) is 36.4 Å². The van der Waals surface area contributed by atoms with Crippen LogP contribution in [0.5, 0.6) is 0 Å². The molecule has 1 amide bonds. The zero-order valence-electron chi connectivity index (χ0n) is 14.1. The fraction of sp³-hybridized carbons (Fsp3) is 0.316. The molecule has 0 unspecified atom stereocenters. The van der Waals surface area contributed by atoms with Crippen LogP contribution in [0.25, 0.3) is 11.4 Å². The van der Waals surface area contributed by atoms with E-state index in [1.807, 2.05) is 40.6 Å². The van der Waals surface area contributed by atoms with Crippen molar-refractivity contribution in [3.63, 3.8) is 0 Å². The molecule has 1 aliphatic rings. The molecule has 0 saturated carbocycles. The Balaban J connectivity index is 1.46. The second kappa shape index (κ2) is 7.60. The van der Waals surface area contributed by atoms with Gasteiger partial charge in [-0.25, -0.2) is 0 Å². The average Bonchev–Trinajstić information content (AvgIpc) is 3.34. The molecule has 3 aromatic rings. The van der Waals surface area contributed by atoms with E-state index in [2.05, 4.69) is 10.1 Å². The van der Waals surface area contributed by atoms with Gasteiger partial charge < -0.3 is 9.42 Å². The number of halogens is 1. The summed E-state index contributed by atoms with van der Waals surface area (Å²) in [7, 11) is 0. The van der Waals surface area contributed by atoms with Crippen LogP contribution in [0.4, 0.5) is 0 Å². The van der Waals surface area contributed by atoms with Crippen molar-refractivity contribution in [1.82, 2.24) is 15.0 Å². The van der Waals surface area contributed by atoms with E-state index in [0.29, 0.717) is 29.7 Å². The minimum absolute atomic E-state index is 0.0692. The maximum atomic E-state index is 12.6. The number of amides is 1. The van der Waals surface area contributed by atoms with Crippen LogP contribution in [0, 0.1) is 0 Å². The minimum Gasteiger partial charge on any atom is -0.342 e. The molecule has 134 valence electrons. The second-order valence-electron chi connectivity index (χ2n) is 6.37. The van der Waals surface area contributed by atoms with Crippen molar-refractivity contribution in [1.29, 1.82) is 0 Å². The van der Waals surface area contributed by atoms with E-state index >= 15 is 0 Å². The Morgan fingerprint density at radius 2 is 2.19 bits per heavy atom. The molecule has 1 saturated heterocycles. The van der Waals surface area contributed by atoms with Gasteiger partial charge in [0.05, 0.1) is 17.4 Å². The molecule has 2 aromatic heterocycles. The number of hydrogen-bond donors (Lipinski definition) is 0. The Bertz CT molecular complexity index is 894. The largest absolute Gasteiger partial charge is 0.342 e. The SMILES string of the molecule is O=C(Cc1cccs1)N1CCC[C@H](c2nc(-c3ccccc3Cl)no2)C1. The molecule has 0 bridgehead atoms. The van der Waals surface area contributed by atoms with Crippen molar-refractivity contribution in [3.8, 4) is 11.4 Å². The van der Waals surface area contributed by atoms with Gasteiger partial charge in [-0.3, -0.25) is 4.79 Å². The van der Waals surface area contributed by atoms with Crippen LogP contribution < -0.4 is 0 Å². The van der Waals surface area contributed by atoms with Gasteiger partial charge in [-0.15, -0.1) is 11.3 Å². The van der Waals surface area contributed by atoms with Crippen LogP contribution in [0.15, 0.2) is 46.3 Å². The summed E-state index contributed by atoms with van der Waals surface area (Å²) < 4.78 is 5.49. The third kappa shape index (κ3) is 3.66. The lowest BCUT2D eigenvalue weighted by Gasteiger charge is -2.31. The molecule has 5 nitrogen and oxygen atoms in total. The number of benzene rings is 1. The maximum Gasteiger partial charge on any atom is 0.231 e.